The van der Waals surface area contributed by atoms with Crippen molar-refractivity contribution in [3.63, 3.8) is 0 Å². The maximum atomic E-state index is 12.4. The highest BCUT2D eigenvalue weighted by molar-refractivity contribution is 7.90. The van der Waals surface area contributed by atoms with Gasteiger partial charge in [0.05, 0.1) is 5.56 Å². The number of nitrogens with one attached hydrogen (secondary N) is 1. The first-order valence-corrected chi connectivity index (χ1v) is 7.38. The van der Waals surface area contributed by atoms with Crippen LogP contribution in [-0.2, 0) is 19.6 Å². The quantitative estimate of drug-likeness (QED) is 0.713. The predicted molar refractivity (Wildman–Crippen MR) is 66.0 cm³/mol. The molecule has 1 atom stereocenters. The lowest BCUT2D eigenvalue weighted by atomic mass is 10.1. The van der Waals surface area contributed by atoms with E-state index in [1.54, 1.807) is 6.07 Å². The standard InChI is InChI=1S/C12H10N2O5S/c15-10-6-5-8(11(16)13-10)14-12(17)7-3-1-2-4-9(7)20(14,18)19/h1-4,8H,5-6H2,(H,13,15,16)/t8-/m1/s1. The summed E-state index contributed by atoms with van der Waals surface area (Å²) in [6, 6.07) is 4.63. The van der Waals surface area contributed by atoms with Crippen LogP contribution in [0.1, 0.15) is 23.2 Å². The van der Waals surface area contributed by atoms with Crippen LogP contribution >= 0.6 is 0 Å². The molecule has 1 N–H and O–H groups in total. The Balaban J connectivity index is 2.07. The number of rotatable bonds is 1. The average molecular weight is 294 g/mol. The van der Waals surface area contributed by atoms with E-state index in [1.165, 1.54) is 18.2 Å². The number of hydrogen-bond donors (Lipinski definition) is 1. The van der Waals surface area contributed by atoms with Gasteiger partial charge in [-0.25, -0.2) is 12.7 Å². The van der Waals surface area contributed by atoms with Crippen LogP contribution in [0.3, 0.4) is 0 Å². The summed E-state index contributed by atoms with van der Waals surface area (Å²) in [6.45, 7) is 0. The van der Waals surface area contributed by atoms with Gasteiger partial charge in [-0.3, -0.25) is 19.7 Å². The van der Waals surface area contributed by atoms with Crippen LogP contribution in [-0.4, -0.2) is 36.5 Å². The number of piperidine rings is 1. The summed E-state index contributed by atoms with van der Waals surface area (Å²) in [6.07, 6.45) is 0.00960. The van der Waals surface area contributed by atoms with Gasteiger partial charge in [-0.15, -0.1) is 0 Å². The third-order valence-corrected chi connectivity index (χ3v) is 5.20. The molecule has 0 bridgehead atoms. The lowest BCUT2D eigenvalue weighted by Gasteiger charge is -2.28. The zero-order valence-corrected chi connectivity index (χ0v) is 11.0. The number of fused-ring (bicyclic) bond motifs is 1. The van der Waals surface area contributed by atoms with Crippen LogP contribution in [0.5, 0.6) is 0 Å². The Kier molecular flexibility index (Phi) is 2.65. The first kappa shape index (κ1) is 12.8. The molecule has 3 rings (SSSR count). The van der Waals surface area contributed by atoms with Crippen molar-refractivity contribution in [2.45, 2.75) is 23.8 Å². The Morgan fingerprint density at radius 3 is 2.50 bits per heavy atom. The van der Waals surface area contributed by atoms with Crippen molar-refractivity contribution in [2.24, 2.45) is 0 Å². The van der Waals surface area contributed by atoms with E-state index in [9.17, 15) is 22.8 Å². The SMILES string of the molecule is O=C1CC[C@@H](N2C(=O)c3ccccc3S2(=O)=O)C(=O)N1. The molecule has 104 valence electrons. The Hall–Kier alpha value is -2.22. The normalized spacial score (nSPS) is 24.5. The second-order valence-corrected chi connectivity index (χ2v) is 6.35. The molecule has 20 heavy (non-hydrogen) atoms. The molecule has 2 aliphatic heterocycles. The van der Waals surface area contributed by atoms with Gasteiger partial charge in [0, 0.05) is 6.42 Å². The molecule has 2 aliphatic rings. The fraction of sp³-hybridized carbons (Fsp3) is 0.250. The summed E-state index contributed by atoms with van der Waals surface area (Å²) in [5.41, 5.74) is 0.0530. The van der Waals surface area contributed by atoms with Crippen molar-refractivity contribution < 1.29 is 22.8 Å². The zero-order chi connectivity index (χ0) is 14.5. The van der Waals surface area contributed by atoms with Crippen LogP contribution in [0.15, 0.2) is 29.2 Å². The average Bonchev–Trinajstić information content (AvgIpc) is 2.60. The molecule has 7 nitrogen and oxygen atoms in total. The zero-order valence-electron chi connectivity index (χ0n) is 10.2. The number of hydrogen-bond acceptors (Lipinski definition) is 5. The number of nitrogens with zero attached hydrogens (tertiary/aromatic N) is 1. The summed E-state index contributed by atoms with van der Waals surface area (Å²) in [5, 5.41) is 2.06. The maximum absolute atomic E-state index is 12.4. The number of amides is 3. The number of carbonyl (C=O) groups excluding carboxylic acids is 3. The van der Waals surface area contributed by atoms with Gasteiger partial charge in [0.1, 0.15) is 10.9 Å². The fourth-order valence-corrected chi connectivity index (χ4v) is 4.17. The molecular formula is C12H10N2O5S. The highest BCUT2D eigenvalue weighted by Gasteiger charge is 2.48. The molecule has 1 fully saturated rings. The predicted octanol–water partition coefficient (Wildman–Crippen LogP) is -0.364. The molecule has 8 heteroatoms. The summed E-state index contributed by atoms with van der Waals surface area (Å²) in [5.74, 6) is -1.95. The minimum atomic E-state index is -4.03. The second kappa shape index (κ2) is 4.14. The van der Waals surface area contributed by atoms with E-state index < -0.39 is 33.8 Å². The minimum Gasteiger partial charge on any atom is -0.295 e. The van der Waals surface area contributed by atoms with Gasteiger partial charge < -0.3 is 0 Å². The molecular weight excluding hydrogens is 284 g/mol. The van der Waals surface area contributed by atoms with Crippen LogP contribution < -0.4 is 5.32 Å². The van der Waals surface area contributed by atoms with Crippen molar-refractivity contribution in [3.05, 3.63) is 29.8 Å². The van der Waals surface area contributed by atoms with E-state index in [1.807, 2.05) is 0 Å². The van der Waals surface area contributed by atoms with Gasteiger partial charge in [-0.2, -0.15) is 0 Å². The Morgan fingerprint density at radius 1 is 1.15 bits per heavy atom. The Bertz CT molecular complexity index is 740. The summed E-state index contributed by atoms with van der Waals surface area (Å²) in [7, 11) is -4.03. The van der Waals surface area contributed by atoms with Crippen molar-refractivity contribution in [3.8, 4) is 0 Å². The van der Waals surface area contributed by atoms with Crippen molar-refractivity contribution >= 4 is 27.7 Å². The van der Waals surface area contributed by atoms with E-state index in [4.69, 9.17) is 0 Å². The van der Waals surface area contributed by atoms with Crippen LogP contribution in [0.25, 0.3) is 0 Å². The summed E-state index contributed by atoms with van der Waals surface area (Å²) in [4.78, 5) is 35.0. The smallest absolute Gasteiger partial charge is 0.269 e. The molecule has 1 aromatic carbocycles. The van der Waals surface area contributed by atoms with Gasteiger partial charge in [-0.05, 0) is 18.6 Å². The summed E-state index contributed by atoms with van der Waals surface area (Å²) < 4.78 is 25.3. The van der Waals surface area contributed by atoms with Crippen LogP contribution in [0.2, 0.25) is 0 Å². The van der Waals surface area contributed by atoms with Gasteiger partial charge in [0.25, 0.3) is 21.8 Å². The third kappa shape index (κ3) is 1.64. The lowest BCUT2D eigenvalue weighted by molar-refractivity contribution is -0.135. The third-order valence-electron chi connectivity index (χ3n) is 3.35. The van der Waals surface area contributed by atoms with E-state index >= 15 is 0 Å². The highest BCUT2D eigenvalue weighted by atomic mass is 32.2. The van der Waals surface area contributed by atoms with E-state index in [0.717, 1.165) is 0 Å². The molecule has 1 saturated heterocycles. The van der Waals surface area contributed by atoms with E-state index in [2.05, 4.69) is 5.32 Å². The first-order valence-electron chi connectivity index (χ1n) is 5.94. The molecule has 0 aromatic heterocycles. The van der Waals surface area contributed by atoms with Gasteiger partial charge in [-0.1, -0.05) is 12.1 Å². The molecule has 0 spiro atoms. The van der Waals surface area contributed by atoms with Gasteiger partial charge in [0.2, 0.25) is 5.91 Å². The van der Waals surface area contributed by atoms with E-state index in [0.29, 0.717) is 4.31 Å². The second-order valence-electron chi connectivity index (χ2n) is 4.57. The number of benzene rings is 1. The topological polar surface area (TPSA) is 101 Å². The van der Waals surface area contributed by atoms with Crippen LogP contribution in [0, 0.1) is 0 Å². The number of carbonyl (C=O) groups is 3. The molecule has 0 saturated carbocycles. The lowest BCUT2D eigenvalue weighted by Crippen LogP contribution is -2.54. The van der Waals surface area contributed by atoms with Crippen LogP contribution in [0.4, 0.5) is 0 Å². The van der Waals surface area contributed by atoms with Gasteiger partial charge in [0.15, 0.2) is 0 Å². The molecule has 0 unspecified atom stereocenters. The largest absolute Gasteiger partial charge is 0.295 e. The van der Waals surface area contributed by atoms with Crippen molar-refractivity contribution in [2.75, 3.05) is 0 Å². The fourth-order valence-electron chi connectivity index (χ4n) is 2.42. The summed E-state index contributed by atoms with van der Waals surface area (Å²) >= 11 is 0. The highest BCUT2D eigenvalue weighted by Crippen LogP contribution is 2.33. The molecule has 0 aliphatic carbocycles. The Morgan fingerprint density at radius 2 is 1.85 bits per heavy atom. The van der Waals surface area contributed by atoms with Crippen molar-refractivity contribution in [1.29, 1.82) is 0 Å². The molecule has 1 aromatic rings. The maximum Gasteiger partial charge on any atom is 0.269 e. The monoisotopic (exact) mass is 294 g/mol. The first-order chi connectivity index (χ1) is 9.43. The Labute approximate surface area is 114 Å². The molecule has 3 amide bonds. The minimum absolute atomic E-state index is 0.00360. The number of sulfonamides is 1. The molecule has 2 heterocycles. The molecule has 0 radical (unpaired) electrons. The van der Waals surface area contributed by atoms with Crippen molar-refractivity contribution in [1.82, 2.24) is 9.62 Å². The van der Waals surface area contributed by atoms with E-state index in [-0.39, 0.29) is 23.3 Å². The number of imide groups is 1. The van der Waals surface area contributed by atoms with Gasteiger partial charge >= 0.3 is 0 Å².